The molecular weight excluding hydrogens is 294 g/mol. The van der Waals surface area contributed by atoms with Crippen LogP contribution in [0.3, 0.4) is 0 Å². The molecule has 3 rings (SSSR count). The monoisotopic (exact) mass is 315 g/mol. The Bertz CT molecular complexity index is 578. The number of nitrogens with one attached hydrogen (secondary N) is 2. The Hall–Kier alpha value is -2.37. The first kappa shape index (κ1) is 15.5. The minimum absolute atomic E-state index is 0.0407. The molecule has 0 spiro atoms. The van der Waals surface area contributed by atoms with Gasteiger partial charge in [-0.25, -0.2) is 0 Å². The molecule has 122 valence electrons. The van der Waals surface area contributed by atoms with Crippen molar-refractivity contribution >= 4 is 17.7 Å². The largest absolute Gasteiger partial charge is 0.343 e. The van der Waals surface area contributed by atoms with Gasteiger partial charge in [-0.05, 0) is 30.7 Å². The molecule has 0 saturated carbocycles. The summed E-state index contributed by atoms with van der Waals surface area (Å²) in [5.74, 6) is -1.24. The van der Waals surface area contributed by atoms with Crippen LogP contribution in [0, 0.1) is 11.8 Å². The molecule has 2 aliphatic heterocycles. The predicted molar refractivity (Wildman–Crippen MR) is 83.8 cm³/mol. The number of hydrogen-bond donors (Lipinski definition) is 2. The summed E-state index contributed by atoms with van der Waals surface area (Å²) in [6, 6.07) is 10.4. The van der Waals surface area contributed by atoms with E-state index in [1.807, 2.05) is 18.2 Å². The Kier molecular flexibility index (Phi) is 4.60. The Morgan fingerprint density at radius 2 is 1.65 bits per heavy atom. The van der Waals surface area contributed by atoms with Gasteiger partial charge in [0.25, 0.3) is 11.8 Å². The quantitative estimate of drug-likeness (QED) is 0.800. The van der Waals surface area contributed by atoms with Crippen LogP contribution in [-0.4, -0.2) is 35.7 Å². The van der Waals surface area contributed by atoms with Crippen LogP contribution in [0.25, 0.3) is 0 Å². The molecule has 0 unspecified atom stereocenters. The van der Waals surface area contributed by atoms with E-state index in [1.165, 1.54) is 5.56 Å². The lowest BCUT2D eigenvalue weighted by Crippen LogP contribution is -2.40. The fourth-order valence-corrected chi connectivity index (χ4v) is 3.24. The number of rotatable bonds is 4. The van der Waals surface area contributed by atoms with E-state index < -0.39 is 17.7 Å². The van der Waals surface area contributed by atoms with Crippen molar-refractivity contribution in [1.29, 1.82) is 0 Å². The molecule has 0 aromatic heterocycles. The highest BCUT2D eigenvalue weighted by Gasteiger charge is 2.36. The second kappa shape index (κ2) is 6.81. The van der Waals surface area contributed by atoms with Gasteiger partial charge in [0.2, 0.25) is 5.91 Å². The van der Waals surface area contributed by atoms with Crippen molar-refractivity contribution in [3.05, 3.63) is 35.9 Å². The number of amides is 3. The van der Waals surface area contributed by atoms with Gasteiger partial charge >= 0.3 is 0 Å². The number of hydrogen-bond acceptors (Lipinski definition) is 3. The molecule has 6 nitrogen and oxygen atoms in total. The summed E-state index contributed by atoms with van der Waals surface area (Å²) in [5.41, 5.74) is 5.84. The lowest BCUT2D eigenvalue weighted by Gasteiger charge is -2.32. The van der Waals surface area contributed by atoms with Gasteiger partial charge in [-0.15, -0.1) is 0 Å². The van der Waals surface area contributed by atoms with E-state index in [9.17, 15) is 14.4 Å². The van der Waals surface area contributed by atoms with Crippen molar-refractivity contribution in [3.63, 3.8) is 0 Å². The van der Waals surface area contributed by atoms with Gasteiger partial charge < -0.3 is 4.90 Å². The van der Waals surface area contributed by atoms with Crippen LogP contribution >= 0.6 is 0 Å². The number of carbonyl (C=O) groups excluding carboxylic acids is 3. The molecule has 6 heteroatoms. The van der Waals surface area contributed by atoms with Crippen molar-refractivity contribution in [2.45, 2.75) is 25.7 Å². The molecule has 2 aliphatic rings. The number of piperidine rings is 1. The van der Waals surface area contributed by atoms with Gasteiger partial charge in [-0.3, -0.25) is 25.2 Å². The average Bonchev–Trinajstić information content (AvgIpc) is 2.88. The third-order valence-corrected chi connectivity index (χ3v) is 4.66. The molecule has 2 N–H and O–H groups in total. The van der Waals surface area contributed by atoms with Crippen LogP contribution in [0.4, 0.5) is 0 Å². The first-order valence-corrected chi connectivity index (χ1v) is 8.05. The lowest BCUT2D eigenvalue weighted by atomic mass is 9.90. The average molecular weight is 315 g/mol. The van der Waals surface area contributed by atoms with E-state index in [-0.39, 0.29) is 12.3 Å². The van der Waals surface area contributed by atoms with Crippen molar-refractivity contribution in [2.75, 3.05) is 13.1 Å². The third-order valence-electron chi connectivity index (χ3n) is 4.66. The summed E-state index contributed by atoms with van der Waals surface area (Å²) < 4.78 is 0. The molecule has 3 amide bonds. The first-order chi connectivity index (χ1) is 11.1. The highest BCUT2D eigenvalue weighted by atomic mass is 16.2. The third kappa shape index (κ3) is 3.70. The second-order valence-electron chi connectivity index (χ2n) is 6.25. The van der Waals surface area contributed by atoms with Crippen LogP contribution in [0.5, 0.6) is 0 Å². The van der Waals surface area contributed by atoms with Crippen LogP contribution < -0.4 is 10.9 Å². The molecule has 1 aromatic rings. The molecule has 2 fully saturated rings. The summed E-state index contributed by atoms with van der Waals surface area (Å²) in [4.78, 5) is 37.0. The van der Waals surface area contributed by atoms with Crippen molar-refractivity contribution in [2.24, 2.45) is 11.8 Å². The second-order valence-corrected chi connectivity index (χ2v) is 6.25. The predicted octanol–water partition coefficient (Wildman–Crippen LogP) is 0.635. The standard InChI is InChI=1S/C17H21N3O3/c21-15(11-14-16(22)18-19-17(14)23)20-8-6-13(7-9-20)10-12-4-2-1-3-5-12/h1-5,13-14H,6-11H2,(H,18,22)(H,19,23). The lowest BCUT2D eigenvalue weighted by molar-refractivity contribution is -0.139. The molecule has 0 aliphatic carbocycles. The highest BCUT2D eigenvalue weighted by molar-refractivity contribution is 6.07. The number of likely N-dealkylation sites (tertiary alicyclic amines) is 1. The van der Waals surface area contributed by atoms with Crippen LogP contribution in [0.15, 0.2) is 30.3 Å². The molecule has 0 radical (unpaired) electrons. The summed E-state index contributed by atoms with van der Waals surface area (Å²) >= 11 is 0. The Balaban J connectivity index is 1.48. The van der Waals surface area contributed by atoms with Gasteiger partial charge in [0.1, 0.15) is 5.92 Å². The van der Waals surface area contributed by atoms with Crippen molar-refractivity contribution in [1.82, 2.24) is 15.8 Å². The smallest absolute Gasteiger partial charge is 0.251 e. The SMILES string of the molecule is O=C1NNC(=O)C1CC(=O)N1CCC(Cc2ccccc2)CC1. The summed E-state index contributed by atoms with van der Waals surface area (Å²) in [6.07, 6.45) is 2.92. The summed E-state index contributed by atoms with van der Waals surface area (Å²) in [5, 5.41) is 0. The van der Waals surface area contributed by atoms with Gasteiger partial charge in [0.05, 0.1) is 0 Å². The van der Waals surface area contributed by atoms with Crippen molar-refractivity contribution < 1.29 is 14.4 Å². The topological polar surface area (TPSA) is 78.5 Å². The highest BCUT2D eigenvalue weighted by Crippen LogP contribution is 2.23. The van der Waals surface area contributed by atoms with E-state index in [4.69, 9.17) is 0 Å². The Morgan fingerprint density at radius 3 is 2.26 bits per heavy atom. The van der Waals surface area contributed by atoms with Gasteiger partial charge in [0.15, 0.2) is 0 Å². The molecule has 23 heavy (non-hydrogen) atoms. The maximum absolute atomic E-state index is 12.3. The summed E-state index contributed by atoms with van der Waals surface area (Å²) in [7, 11) is 0. The van der Waals surface area contributed by atoms with Crippen LogP contribution in [0.2, 0.25) is 0 Å². The number of hydrazine groups is 1. The first-order valence-electron chi connectivity index (χ1n) is 8.05. The molecule has 1 aromatic carbocycles. The van der Waals surface area contributed by atoms with Crippen molar-refractivity contribution in [3.8, 4) is 0 Å². The van der Waals surface area contributed by atoms with E-state index in [2.05, 4.69) is 23.0 Å². The molecule has 0 bridgehead atoms. The molecule has 2 heterocycles. The van der Waals surface area contributed by atoms with E-state index >= 15 is 0 Å². The fraction of sp³-hybridized carbons (Fsp3) is 0.471. The van der Waals surface area contributed by atoms with Crippen LogP contribution in [-0.2, 0) is 20.8 Å². The zero-order valence-electron chi connectivity index (χ0n) is 13.0. The number of nitrogens with zero attached hydrogens (tertiary/aromatic N) is 1. The molecule has 2 saturated heterocycles. The van der Waals surface area contributed by atoms with E-state index in [1.54, 1.807) is 4.90 Å². The fourth-order valence-electron chi connectivity index (χ4n) is 3.24. The molecule has 0 atom stereocenters. The van der Waals surface area contributed by atoms with Gasteiger partial charge in [-0.2, -0.15) is 0 Å². The normalized spacial score (nSPS) is 19.6. The van der Waals surface area contributed by atoms with Crippen LogP contribution in [0.1, 0.15) is 24.8 Å². The van der Waals surface area contributed by atoms with E-state index in [0.717, 1.165) is 19.3 Å². The maximum Gasteiger partial charge on any atom is 0.251 e. The molecular formula is C17H21N3O3. The minimum Gasteiger partial charge on any atom is -0.343 e. The maximum atomic E-state index is 12.3. The van der Waals surface area contributed by atoms with Gasteiger partial charge in [-0.1, -0.05) is 30.3 Å². The van der Waals surface area contributed by atoms with E-state index in [0.29, 0.717) is 19.0 Å². The Morgan fingerprint density at radius 1 is 1.04 bits per heavy atom. The summed E-state index contributed by atoms with van der Waals surface area (Å²) in [6.45, 7) is 1.40. The Labute approximate surface area is 135 Å². The number of carbonyl (C=O) groups is 3. The minimum atomic E-state index is -0.885. The zero-order chi connectivity index (χ0) is 16.2. The number of benzene rings is 1. The zero-order valence-corrected chi connectivity index (χ0v) is 13.0. The van der Waals surface area contributed by atoms with Gasteiger partial charge in [0, 0.05) is 19.5 Å².